The van der Waals surface area contributed by atoms with Gasteiger partial charge in [-0.1, -0.05) is 176 Å². The molecule has 6 heteroatoms. The third-order valence-corrected chi connectivity index (χ3v) is 12.5. The van der Waals surface area contributed by atoms with Crippen molar-refractivity contribution in [3.8, 4) is 67.7 Å². The van der Waals surface area contributed by atoms with Crippen molar-refractivity contribution in [2.45, 2.75) is 0 Å². The number of hydrogen-bond acceptors (Lipinski definition) is 6. The maximum Gasteiger partial charge on any atom is 0.164 e. The van der Waals surface area contributed by atoms with Gasteiger partial charge in [-0.3, -0.25) is 0 Å². The van der Waals surface area contributed by atoms with E-state index >= 15 is 0 Å². The molecule has 5 nitrogen and oxygen atoms in total. The van der Waals surface area contributed by atoms with Crippen LogP contribution in [0.4, 0.5) is 0 Å². The minimum atomic E-state index is 0.636. The summed E-state index contributed by atoms with van der Waals surface area (Å²) in [5.41, 5.74) is 12.0. The van der Waals surface area contributed by atoms with Gasteiger partial charge >= 0.3 is 0 Å². The summed E-state index contributed by atoms with van der Waals surface area (Å²) in [5.74, 6) is 1.93. The molecular weight excluding hydrogens is 753 g/mol. The van der Waals surface area contributed by atoms with Crippen LogP contribution in [-0.4, -0.2) is 19.9 Å². The number of thiophene rings is 1. The molecule has 0 amide bonds. The SMILES string of the molecule is c1ccc(-c2nc(-c3ccccc3)nc(-c3ccc(-c4ccc(-c5nc6cc(-c7cccc8c7oc7ccccc78)ccc6c6c5sc5ccccc56)cc4)cc3)n2)cc1. The third-order valence-electron chi connectivity index (χ3n) is 11.4. The average molecular weight is 785 g/mol. The first kappa shape index (κ1) is 34.3. The average Bonchev–Trinajstić information content (AvgIpc) is 3.91. The molecule has 0 spiro atoms. The van der Waals surface area contributed by atoms with E-state index in [1.165, 1.54) is 20.2 Å². The van der Waals surface area contributed by atoms with Crippen LogP contribution in [0, 0.1) is 0 Å². The Morgan fingerprint density at radius 1 is 0.367 bits per heavy atom. The van der Waals surface area contributed by atoms with E-state index < -0.39 is 0 Å². The first-order chi connectivity index (χ1) is 29.7. The predicted molar refractivity (Wildman–Crippen MR) is 248 cm³/mol. The van der Waals surface area contributed by atoms with Crippen LogP contribution < -0.4 is 0 Å². The minimum absolute atomic E-state index is 0.636. The summed E-state index contributed by atoms with van der Waals surface area (Å²) in [4.78, 5) is 20.1. The molecule has 60 heavy (non-hydrogen) atoms. The van der Waals surface area contributed by atoms with Crippen LogP contribution >= 0.6 is 11.3 Å². The summed E-state index contributed by atoms with van der Waals surface area (Å²) in [6.07, 6.45) is 0. The number of pyridine rings is 1. The van der Waals surface area contributed by atoms with Crippen molar-refractivity contribution in [2.24, 2.45) is 0 Å². The molecule has 0 bridgehead atoms. The van der Waals surface area contributed by atoms with Crippen LogP contribution in [0.5, 0.6) is 0 Å². The summed E-state index contributed by atoms with van der Waals surface area (Å²) in [5, 5.41) is 5.88. The van der Waals surface area contributed by atoms with Crippen LogP contribution in [0.3, 0.4) is 0 Å². The standard InChI is InChI=1S/C54H32N4OS/c1-3-12-36(13-4-1)52-56-53(37-14-5-2-6-15-37)58-54(57-52)38-28-24-34(25-29-38)33-22-26-35(27-23-33)49-51-48(44-17-8-10-21-47(44)60-51)43-31-30-39(32-45(43)55-49)40-18-11-19-42-41-16-7-9-20-46(41)59-50(40)42/h1-32H. The number of hydrogen-bond donors (Lipinski definition) is 0. The maximum atomic E-state index is 6.45. The largest absolute Gasteiger partial charge is 0.455 e. The molecule has 12 rings (SSSR count). The van der Waals surface area contributed by atoms with Gasteiger partial charge in [0.2, 0.25) is 0 Å². The lowest BCUT2D eigenvalue weighted by Gasteiger charge is -2.11. The lowest BCUT2D eigenvalue weighted by Crippen LogP contribution is -2.00. The number of aromatic nitrogens is 4. The van der Waals surface area contributed by atoms with E-state index in [9.17, 15) is 0 Å². The fourth-order valence-electron chi connectivity index (χ4n) is 8.39. The van der Waals surface area contributed by atoms with Crippen LogP contribution in [0.2, 0.25) is 0 Å². The first-order valence-corrected chi connectivity index (χ1v) is 20.8. The molecule has 0 fully saturated rings. The molecule has 0 atom stereocenters. The summed E-state index contributed by atoms with van der Waals surface area (Å²) in [6.45, 7) is 0. The van der Waals surface area contributed by atoms with Crippen LogP contribution in [0.25, 0.3) is 121 Å². The van der Waals surface area contributed by atoms with Gasteiger partial charge in [0, 0.05) is 59.4 Å². The minimum Gasteiger partial charge on any atom is -0.455 e. The van der Waals surface area contributed by atoms with Gasteiger partial charge in [0.25, 0.3) is 0 Å². The Balaban J connectivity index is 0.928. The Labute approximate surface area is 348 Å². The van der Waals surface area contributed by atoms with Crippen LogP contribution in [-0.2, 0) is 0 Å². The summed E-state index contributed by atoms with van der Waals surface area (Å²) >= 11 is 1.81. The Morgan fingerprint density at radius 3 is 1.58 bits per heavy atom. The highest BCUT2D eigenvalue weighted by Gasteiger charge is 2.19. The second kappa shape index (κ2) is 13.9. The molecule has 0 unspecified atom stereocenters. The van der Waals surface area contributed by atoms with Crippen molar-refractivity contribution in [3.63, 3.8) is 0 Å². The molecule has 0 saturated carbocycles. The Hall–Kier alpha value is -7.80. The number of benzene rings is 8. The van der Waals surface area contributed by atoms with Gasteiger partial charge in [0.1, 0.15) is 11.2 Å². The smallest absolute Gasteiger partial charge is 0.164 e. The van der Waals surface area contributed by atoms with Crippen LogP contribution in [0.1, 0.15) is 0 Å². The van der Waals surface area contributed by atoms with E-state index in [4.69, 9.17) is 24.4 Å². The second-order valence-corrected chi connectivity index (χ2v) is 16.0. The van der Waals surface area contributed by atoms with Crippen molar-refractivity contribution < 1.29 is 4.42 Å². The van der Waals surface area contributed by atoms with E-state index in [2.05, 4.69) is 121 Å². The highest BCUT2D eigenvalue weighted by Crippen LogP contribution is 2.44. The molecule has 12 aromatic rings. The van der Waals surface area contributed by atoms with Crippen molar-refractivity contribution in [3.05, 3.63) is 194 Å². The van der Waals surface area contributed by atoms with Crippen molar-refractivity contribution in [2.75, 3.05) is 0 Å². The molecule has 0 N–H and O–H groups in total. The van der Waals surface area contributed by atoms with Gasteiger partial charge in [0.05, 0.1) is 15.9 Å². The summed E-state index contributed by atoms with van der Waals surface area (Å²) in [7, 11) is 0. The molecule has 0 aliphatic carbocycles. The van der Waals surface area contributed by atoms with Gasteiger partial charge < -0.3 is 4.42 Å². The van der Waals surface area contributed by atoms with Gasteiger partial charge in [0.15, 0.2) is 17.5 Å². The third kappa shape index (κ3) is 5.76. The van der Waals surface area contributed by atoms with E-state index in [0.29, 0.717) is 17.5 Å². The highest BCUT2D eigenvalue weighted by molar-refractivity contribution is 7.26. The highest BCUT2D eigenvalue weighted by atomic mass is 32.1. The Morgan fingerprint density at radius 2 is 0.900 bits per heavy atom. The van der Waals surface area contributed by atoms with Crippen LogP contribution in [0.15, 0.2) is 199 Å². The van der Waals surface area contributed by atoms with Crippen molar-refractivity contribution in [1.82, 2.24) is 19.9 Å². The summed E-state index contributed by atoms with van der Waals surface area (Å²) < 4.78 is 8.89. The van der Waals surface area contributed by atoms with Gasteiger partial charge in [-0.05, 0) is 34.9 Å². The number of furan rings is 1. The number of nitrogens with zero attached hydrogens (tertiary/aromatic N) is 4. The fraction of sp³-hybridized carbons (Fsp3) is 0. The molecule has 8 aromatic carbocycles. The quantitative estimate of drug-likeness (QED) is 0.168. The zero-order valence-corrected chi connectivity index (χ0v) is 32.9. The monoisotopic (exact) mass is 784 g/mol. The first-order valence-electron chi connectivity index (χ1n) is 20.0. The molecule has 4 aromatic heterocycles. The second-order valence-electron chi connectivity index (χ2n) is 15.0. The zero-order chi connectivity index (χ0) is 39.6. The topological polar surface area (TPSA) is 64.7 Å². The molecule has 0 aliphatic heterocycles. The number of fused-ring (bicyclic) bond motifs is 8. The molecule has 0 aliphatic rings. The Bertz CT molecular complexity index is 3520. The lowest BCUT2D eigenvalue weighted by molar-refractivity contribution is 0.670. The van der Waals surface area contributed by atoms with Gasteiger partial charge in [-0.2, -0.15) is 0 Å². The van der Waals surface area contributed by atoms with E-state index in [0.717, 1.165) is 83.0 Å². The molecule has 0 saturated heterocycles. The van der Waals surface area contributed by atoms with Crippen molar-refractivity contribution in [1.29, 1.82) is 0 Å². The van der Waals surface area contributed by atoms with Gasteiger partial charge in [-0.15, -0.1) is 11.3 Å². The fourth-order valence-corrected chi connectivity index (χ4v) is 9.62. The molecular formula is C54H32N4OS. The van der Waals surface area contributed by atoms with E-state index in [-0.39, 0.29) is 0 Å². The molecule has 0 radical (unpaired) electrons. The van der Waals surface area contributed by atoms with Crippen molar-refractivity contribution >= 4 is 64.4 Å². The zero-order valence-electron chi connectivity index (χ0n) is 32.1. The lowest BCUT2D eigenvalue weighted by atomic mass is 9.97. The molecule has 4 heterocycles. The number of para-hydroxylation sites is 2. The molecule has 280 valence electrons. The maximum absolute atomic E-state index is 6.45. The Kier molecular flexibility index (Phi) is 7.96. The van der Waals surface area contributed by atoms with E-state index in [1.54, 1.807) is 0 Å². The number of rotatable bonds is 6. The van der Waals surface area contributed by atoms with Gasteiger partial charge in [-0.25, -0.2) is 19.9 Å². The predicted octanol–water partition coefficient (Wildman–Crippen LogP) is 14.7. The summed E-state index contributed by atoms with van der Waals surface area (Å²) in [6, 6.07) is 67.4. The van der Waals surface area contributed by atoms with E-state index in [1.807, 2.05) is 84.1 Å². The normalized spacial score (nSPS) is 11.7.